The van der Waals surface area contributed by atoms with Crippen LogP contribution in [0.2, 0.25) is 0 Å². The summed E-state index contributed by atoms with van der Waals surface area (Å²) in [6, 6.07) is 10.6. The van der Waals surface area contributed by atoms with Gasteiger partial charge in [0.1, 0.15) is 0 Å². The van der Waals surface area contributed by atoms with Crippen LogP contribution in [-0.4, -0.2) is 30.6 Å². The fraction of sp³-hybridized carbons (Fsp3) is 0.667. The van der Waals surface area contributed by atoms with Crippen LogP contribution in [0.5, 0.6) is 0 Å². The third-order valence-corrected chi connectivity index (χ3v) is 5.02. The number of aryl methyl sites for hydroxylation is 1. The van der Waals surface area contributed by atoms with E-state index in [0.717, 1.165) is 24.5 Å². The van der Waals surface area contributed by atoms with Crippen LogP contribution < -0.4 is 5.32 Å². The maximum atomic E-state index is 3.74. The van der Waals surface area contributed by atoms with Gasteiger partial charge >= 0.3 is 0 Å². The van der Waals surface area contributed by atoms with Crippen molar-refractivity contribution in [1.82, 2.24) is 10.2 Å². The standard InChI is InChI=1S/C18H28N2/c1-14-4-3-5-16(10-14)13-20(2)9-8-15-11-17-6-7-18(12-15)19-17/h3-5,10,15,17-19H,6-9,11-13H2,1-2H3. The lowest BCUT2D eigenvalue weighted by Gasteiger charge is -2.30. The van der Waals surface area contributed by atoms with Crippen LogP contribution in [-0.2, 0) is 6.54 Å². The van der Waals surface area contributed by atoms with Gasteiger partial charge in [-0.15, -0.1) is 0 Å². The second-order valence-corrected chi connectivity index (χ2v) is 6.99. The zero-order valence-corrected chi connectivity index (χ0v) is 12.9. The monoisotopic (exact) mass is 272 g/mol. The highest BCUT2D eigenvalue weighted by atomic mass is 15.1. The first-order chi connectivity index (χ1) is 9.69. The lowest BCUT2D eigenvalue weighted by Crippen LogP contribution is -2.38. The minimum Gasteiger partial charge on any atom is -0.311 e. The van der Waals surface area contributed by atoms with E-state index in [0.29, 0.717) is 0 Å². The number of hydrogen-bond acceptors (Lipinski definition) is 2. The van der Waals surface area contributed by atoms with E-state index in [1.54, 1.807) is 0 Å². The first kappa shape index (κ1) is 14.1. The van der Waals surface area contributed by atoms with Gasteiger partial charge in [-0.25, -0.2) is 0 Å². The van der Waals surface area contributed by atoms with Crippen LogP contribution in [0.15, 0.2) is 24.3 Å². The predicted octanol–water partition coefficient (Wildman–Crippen LogP) is 3.35. The molecule has 0 aromatic heterocycles. The molecule has 0 saturated carbocycles. The molecule has 2 unspecified atom stereocenters. The number of nitrogens with zero attached hydrogens (tertiary/aromatic N) is 1. The molecule has 3 rings (SSSR count). The van der Waals surface area contributed by atoms with Gasteiger partial charge in [-0.05, 0) is 64.1 Å². The SMILES string of the molecule is Cc1cccc(CN(C)CCC2CC3CCC(C2)N3)c1. The molecule has 0 amide bonds. The first-order valence-electron chi connectivity index (χ1n) is 8.19. The summed E-state index contributed by atoms with van der Waals surface area (Å²) in [6.45, 7) is 4.49. The molecule has 2 bridgehead atoms. The number of benzene rings is 1. The van der Waals surface area contributed by atoms with Crippen LogP contribution in [0.3, 0.4) is 0 Å². The highest BCUT2D eigenvalue weighted by Gasteiger charge is 2.32. The van der Waals surface area contributed by atoms with E-state index in [-0.39, 0.29) is 0 Å². The number of hydrogen-bond donors (Lipinski definition) is 1. The third-order valence-electron chi connectivity index (χ3n) is 5.02. The normalized spacial score (nSPS) is 29.1. The molecule has 2 fully saturated rings. The van der Waals surface area contributed by atoms with E-state index < -0.39 is 0 Å². The highest BCUT2D eigenvalue weighted by Crippen LogP contribution is 2.32. The summed E-state index contributed by atoms with van der Waals surface area (Å²) in [5.41, 5.74) is 2.81. The molecule has 0 radical (unpaired) electrons. The Bertz CT molecular complexity index is 431. The second kappa shape index (κ2) is 6.28. The quantitative estimate of drug-likeness (QED) is 0.884. The van der Waals surface area contributed by atoms with Crippen molar-refractivity contribution < 1.29 is 0 Å². The average Bonchev–Trinajstić information content (AvgIpc) is 2.76. The number of nitrogens with one attached hydrogen (secondary N) is 1. The van der Waals surface area contributed by atoms with Crippen LogP contribution >= 0.6 is 0 Å². The van der Waals surface area contributed by atoms with Crippen LogP contribution in [0.1, 0.15) is 43.2 Å². The van der Waals surface area contributed by atoms with Gasteiger partial charge in [0, 0.05) is 18.6 Å². The average molecular weight is 272 g/mol. The summed E-state index contributed by atoms with van der Waals surface area (Å²) in [4.78, 5) is 2.48. The van der Waals surface area contributed by atoms with Gasteiger partial charge in [0.25, 0.3) is 0 Å². The molecule has 2 atom stereocenters. The fourth-order valence-corrected chi connectivity index (χ4v) is 4.02. The predicted molar refractivity (Wildman–Crippen MR) is 84.8 cm³/mol. The Morgan fingerprint density at radius 3 is 2.65 bits per heavy atom. The van der Waals surface area contributed by atoms with Crippen molar-refractivity contribution in [2.24, 2.45) is 5.92 Å². The van der Waals surface area contributed by atoms with E-state index >= 15 is 0 Å². The molecule has 0 spiro atoms. The van der Waals surface area contributed by atoms with Gasteiger partial charge in [-0.3, -0.25) is 0 Å². The summed E-state index contributed by atoms with van der Waals surface area (Å²) in [5.74, 6) is 0.953. The topological polar surface area (TPSA) is 15.3 Å². The molecule has 2 nitrogen and oxygen atoms in total. The molecule has 2 saturated heterocycles. The van der Waals surface area contributed by atoms with Gasteiger partial charge in [0.05, 0.1) is 0 Å². The Balaban J connectivity index is 1.44. The smallest absolute Gasteiger partial charge is 0.0230 e. The molecule has 2 aliphatic rings. The molecular weight excluding hydrogens is 244 g/mol. The van der Waals surface area contributed by atoms with Gasteiger partial charge in [-0.2, -0.15) is 0 Å². The van der Waals surface area contributed by atoms with Crippen LogP contribution in [0.25, 0.3) is 0 Å². The van der Waals surface area contributed by atoms with Gasteiger partial charge < -0.3 is 10.2 Å². The highest BCUT2D eigenvalue weighted by molar-refractivity contribution is 5.21. The third kappa shape index (κ3) is 3.62. The molecule has 1 aromatic rings. The summed E-state index contributed by atoms with van der Waals surface area (Å²) in [6.07, 6.45) is 7.03. The molecule has 2 heterocycles. The molecular formula is C18H28N2. The summed E-state index contributed by atoms with van der Waals surface area (Å²) in [7, 11) is 2.26. The Morgan fingerprint density at radius 1 is 1.20 bits per heavy atom. The summed E-state index contributed by atoms with van der Waals surface area (Å²) >= 11 is 0. The van der Waals surface area contributed by atoms with E-state index in [2.05, 4.69) is 48.5 Å². The van der Waals surface area contributed by atoms with Crippen molar-refractivity contribution in [1.29, 1.82) is 0 Å². The van der Waals surface area contributed by atoms with Crippen molar-refractivity contribution in [3.05, 3.63) is 35.4 Å². The van der Waals surface area contributed by atoms with E-state index in [4.69, 9.17) is 0 Å². The maximum Gasteiger partial charge on any atom is 0.0230 e. The summed E-state index contributed by atoms with van der Waals surface area (Å²) < 4.78 is 0. The Hall–Kier alpha value is -0.860. The van der Waals surface area contributed by atoms with Crippen molar-refractivity contribution in [2.75, 3.05) is 13.6 Å². The van der Waals surface area contributed by atoms with E-state index in [9.17, 15) is 0 Å². The van der Waals surface area contributed by atoms with Gasteiger partial charge in [0.2, 0.25) is 0 Å². The largest absolute Gasteiger partial charge is 0.311 e. The molecule has 1 aromatic carbocycles. The summed E-state index contributed by atoms with van der Waals surface area (Å²) in [5, 5.41) is 3.74. The maximum absolute atomic E-state index is 3.74. The van der Waals surface area contributed by atoms with Crippen molar-refractivity contribution in [3.8, 4) is 0 Å². The molecule has 2 aliphatic heterocycles. The number of piperidine rings is 1. The first-order valence-corrected chi connectivity index (χ1v) is 8.19. The lowest BCUT2D eigenvalue weighted by molar-refractivity contribution is 0.238. The zero-order valence-electron chi connectivity index (χ0n) is 12.9. The van der Waals surface area contributed by atoms with Gasteiger partial charge in [-0.1, -0.05) is 29.8 Å². The van der Waals surface area contributed by atoms with E-state index in [1.165, 1.54) is 49.8 Å². The van der Waals surface area contributed by atoms with Crippen LogP contribution in [0.4, 0.5) is 0 Å². The van der Waals surface area contributed by atoms with Crippen LogP contribution in [0, 0.1) is 12.8 Å². The van der Waals surface area contributed by atoms with Gasteiger partial charge in [0.15, 0.2) is 0 Å². The minimum atomic E-state index is 0.834. The Kier molecular flexibility index (Phi) is 4.42. The lowest BCUT2D eigenvalue weighted by atomic mass is 9.89. The van der Waals surface area contributed by atoms with Crippen molar-refractivity contribution in [3.63, 3.8) is 0 Å². The van der Waals surface area contributed by atoms with E-state index in [1.807, 2.05) is 0 Å². The molecule has 1 N–H and O–H groups in total. The molecule has 2 heteroatoms. The zero-order chi connectivity index (χ0) is 13.9. The molecule has 0 aliphatic carbocycles. The fourth-order valence-electron chi connectivity index (χ4n) is 4.02. The molecule has 110 valence electrons. The van der Waals surface area contributed by atoms with Crippen molar-refractivity contribution >= 4 is 0 Å². The Morgan fingerprint density at radius 2 is 1.95 bits per heavy atom. The number of rotatable bonds is 5. The second-order valence-electron chi connectivity index (χ2n) is 6.99. The number of fused-ring (bicyclic) bond motifs is 2. The Labute approximate surface area is 123 Å². The van der Waals surface area contributed by atoms with Crippen molar-refractivity contribution in [2.45, 2.75) is 57.7 Å². The molecule has 20 heavy (non-hydrogen) atoms. The minimum absolute atomic E-state index is 0.834.